The lowest BCUT2D eigenvalue weighted by Gasteiger charge is -2.48. The monoisotopic (exact) mass is 1140 g/mol. The van der Waals surface area contributed by atoms with E-state index in [1.165, 1.54) is 109 Å². The molecule has 19 nitrogen and oxygen atoms in total. The van der Waals surface area contributed by atoms with Crippen LogP contribution in [0, 0.1) is 0 Å². The molecule has 3 aliphatic rings. The normalized spacial score (nSPS) is 30.3. The SMILES string of the molecule is CCCCCCCC/C=C\CCCCCCCCCC(=O)NC(COC1OC(CO)C(OC2OC(CO)C(OC3OC(CO)C(O)C(O)C3O)C(O)C2O)C(O)C1O)C(O)/C=C/CC/C=C/CC/C=C/CCCCCCCCCC. The maximum Gasteiger partial charge on any atom is 0.220 e. The summed E-state index contributed by atoms with van der Waals surface area (Å²) >= 11 is 0. The van der Waals surface area contributed by atoms with Gasteiger partial charge in [0, 0.05) is 6.42 Å². The summed E-state index contributed by atoms with van der Waals surface area (Å²) in [6.07, 6.45) is 22.3. The van der Waals surface area contributed by atoms with Crippen LogP contribution in [0.4, 0.5) is 0 Å². The van der Waals surface area contributed by atoms with E-state index in [9.17, 15) is 61.0 Å². The Morgan fingerprint density at radius 1 is 0.438 bits per heavy atom. The first kappa shape index (κ1) is 72.0. The van der Waals surface area contributed by atoms with Crippen molar-refractivity contribution in [1.82, 2.24) is 5.32 Å². The molecule has 0 saturated carbocycles. The average Bonchev–Trinajstić information content (AvgIpc) is 3.50. The van der Waals surface area contributed by atoms with E-state index in [0.717, 1.165) is 57.8 Å². The Bertz CT molecular complexity index is 1650. The van der Waals surface area contributed by atoms with Gasteiger partial charge in [-0.05, 0) is 70.6 Å². The van der Waals surface area contributed by atoms with Crippen LogP contribution in [0.1, 0.15) is 200 Å². The van der Waals surface area contributed by atoms with Crippen molar-refractivity contribution in [2.45, 2.75) is 304 Å². The first-order valence-corrected chi connectivity index (χ1v) is 30.9. The third-order valence-electron chi connectivity index (χ3n) is 15.3. The Morgan fingerprint density at radius 3 is 1.25 bits per heavy atom. The van der Waals surface area contributed by atoms with Crippen molar-refractivity contribution >= 4 is 5.91 Å². The molecule has 3 aliphatic heterocycles. The zero-order valence-corrected chi connectivity index (χ0v) is 48.5. The number of rotatable bonds is 45. The number of ether oxygens (including phenoxy) is 6. The highest BCUT2D eigenvalue weighted by atomic mass is 16.8. The van der Waals surface area contributed by atoms with Gasteiger partial charge < -0.3 is 89.9 Å². The van der Waals surface area contributed by atoms with Gasteiger partial charge >= 0.3 is 0 Å². The maximum atomic E-state index is 13.3. The average molecular weight is 1140 g/mol. The Balaban J connectivity index is 1.52. The number of nitrogens with one attached hydrogen (secondary N) is 1. The Kier molecular flexibility index (Phi) is 39.8. The molecule has 0 aliphatic carbocycles. The molecule has 17 unspecified atom stereocenters. The fraction of sp³-hybridized carbons (Fsp3) is 0.852. The fourth-order valence-corrected chi connectivity index (χ4v) is 10.2. The molecule has 80 heavy (non-hydrogen) atoms. The highest BCUT2D eigenvalue weighted by molar-refractivity contribution is 5.76. The molecule has 3 saturated heterocycles. The Labute approximate surface area is 478 Å². The van der Waals surface area contributed by atoms with Crippen LogP contribution in [-0.2, 0) is 33.2 Å². The van der Waals surface area contributed by atoms with Crippen LogP contribution < -0.4 is 5.32 Å². The maximum absolute atomic E-state index is 13.3. The molecular formula is C61H109NO18. The van der Waals surface area contributed by atoms with E-state index in [1.54, 1.807) is 6.08 Å². The standard InChI is InChI=1S/C61H109NO18/c1-3-5-7-9-11-13-15-17-19-21-23-24-26-28-30-32-34-36-38-45(66)44(62-49(67)39-37-35-33-31-29-27-25-22-20-18-16-14-12-10-8-6-4-2)43-75-59-55(73)52(70)57(47(41-64)77-59)80-61-56(74)53(71)58(48(42-65)78-61)79-60-54(72)51(69)50(68)46(40-63)76-60/h18,20-21,23,28,30,36,38,44-48,50-61,63-66,68-74H,3-17,19,22,24-27,29,31-35,37,39-43H2,1-2H3,(H,62,67)/b20-18-,23-21+,30-28+,38-36+. The van der Waals surface area contributed by atoms with Gasteiger partial charge in [0.1, 0.15) is 73.2 Å². The lowest BCUT2D eigenvalue weighted by Crippen LogP contribution is -2.66. The van der Waals surface area contributed by atoms with Gasteiger partial charge in [-0.15, -0.1) is 0 Å². The van der Waals surface area contributed by atoms with Crippen LogP contribution in [0.3, 0.4) is 0 Å². The predicted octanol–water partition coefficient (Wildman–Crippen LogP) is 5.87. The van der Waals surface area contributed by atoms with Crippen molar-refractivity contribution in [3.8, 4) is 0 Å². The number of amides is 1. The van der Waals surface area contributed by atoms with Crippen LogP contribution in [0.2, 0.25) is 0 Å². The third kappa shape index (κ3) is 27.6. The van der Waals surface area contributed by atoms with Crippen molar-refractivity contribution in [3.63, 3.8) is 0 Å². The topological polar surface area (TPSA) is 307 Å². The minimum absolute atomic E-state index is 0.226. The number of carbonyl (C=O) groups excluding carboxylic acids is 1. The number of aliphatic hydroxyl groups excluding tert-OH is 11. The second-order valence-corrected chi connectivity index (χ2v) is 22.1. The van der Waals surface area contributed by atoms with Gasteiger partial charge in [0.25, 0.3) is 0 Å². The van der Waals surface area contributed by atoms with Gasteiger partial charge in [-0.3, -0.25) is 4.79 Å². The molecule has 3 rings (SSSR count). The predicted molar refractivity (Wildman–Crippen MR) is 305 cm³/mol. The van der Waals surface area contributed by atoms with Gasteiger partial charge in [0.2, 0.25) is 5.91 Å². The molecule has 17 atom stereocenters. The van der Waals surface area contributed by atoms with Crippen LogP contribution >= 0.6 is 0 Å². The van der Waals surface area contributed by atoms with E-state index < -0.39 is 124 Å². The van der Waals surface area contributed by atoms with Crippen LogP contribution in [0.5, 0.6) is 0 Å². The first-order chi connectivity index (χ1) is 38.8. The lowest BCUT2D eigenvalue weighted by atomic mass is 9.96. The smallest absolute Gasteiger partial charge is 0.220 e. The zero-order chi connectivity index (χ0) is 58.3. The Morgan fingerprint density at radius 2 is 0.800 bits per heavy atom. The van der Waals surface area contributed by atoms with E-state index >= 15 is 0 Å². The van der Waals surface area contributed by atoms with Crippen LogP contribution in [0.25, 0.3) is 0 Å². The minimum atomic E-state index is -1.98. The van der Waals surface area contributed by atoms with E-state index in [2.05, 4.69) is 55.6 Å². The molecule has 3 heterocycles. The molecule has 0 aromatic rings. The van der Waals surface area contributed by atoms with Crippen molar-refractivity contribution in [3.05, 3.63) is 48.6 Å². The van der Waals surface area contributed by atoms with Crippen LogP contribution in [0.15, 0.2) is 48.6 Å². The van der Waals surface area contributed by atoms with E-state index in [4.69, 9.17) is 28.4 Å². The van der Waals surface area contributed by atoms with Gasteiger partial charge in [0.15, 0.2) is 18.9 Å². The summed E-state index contributed by atoms with van der Waals surface area (Å²) in [7, 11) is 0. The van der Waals surface area contributed by atoms with Crippen LogP contribution in [-0.4, -0.2) is 193 Å². The zero-order valence-electron chi connectivity index (χ0n) is 48.5. The molecule has 466 valence electrons. The third-order valence-corrected chi connectivity index (χ3v) is 15.3. The molecule has 0 spiro atoms. The minimum Gasteiger partial charge on any atom is -0.394 e. The summed E-state index contributed by atoms with van der Waals surface area (Å²) in [4.78, 5) is 13.3. The fourth-order valence-electron chi connectivity index (χ4n) is 10.2. The first-order valence-electron chi connectivity index (χ1n) is 30.9. The summed E-state index contributed by atoms with van der Waals surface area (Å²) in [6, 6.07) is -0.998. The number of aliphatic hydroxyl groups is 11. The molecule has 0 aromatic carbocycles. The van der Waals surface area contributed by atoms with Crippen molar-refractivity contribution in [1.29, 1.82) is 0 Å². The molecule has 3 fully saturated rings. The van der Waals surface area contributed by atoms with E-state index in [1.807, 2.05) is 6.08 Å². The molecule has 1 amide bonds. The summed E-state index contributed by atoms with van der Waals surface area (Å²) < 4.78 is 34.2. The van der Waals surface area contributed by atoms with Gasteiger partial charge in [0.05, 0.1) is 38.6 Å². The molecule has 19 heteroatoms. The Hall–Kier alpha value is -2.25. The molecule has 0 radical (unpaired) electrons. The number of unbranched alkanes of at least 4 members (excludes halogenated alkanes) is 23. The number of hydrogen-bond acceptors (Lipinski definition) is 18. The van der Waals surface area contributed by atoms with Crippen molar-refractivity contribution in [2.75, 3.05) is 26.4 Å². The lowest BCUT2D eigenvalue weighted by molar-refractivity contribution is -0.379. The van der Waals surface area contributed by atoms with Gasteiger partial charge in [-0.1, -0.05) is 172 Å². The molecule has 0 bridgehead atoms. The summed E-state index contributed by atoms with van der Waals surface area (Å²) in [5, 5.41) is 120. The van der Waals surface area contributed by atoms with E-state index in [0.29, 0.717) is 12.8 Å². The quantitative estimate of drug-likeness (QED) is 0.0250. The highest BCUT2D eigenvalue weighted by Crippen LogP contribution is 2.33. The van der Waals surface area contributed by atoms with Gasteiger partial charge in [-0.2, -0.15) is 0 Å². The number of carbonyl (C=O) groups is 1. The second-order valence-electron chi connectivity index (χ2n) is 22.1. The second kappa shape index (κ2) is 44.3. The summed E-state index contributed by atoms with van der Waals surface area (Å²) in [6.45, 7) is 1.68. The molecule has 0 aromatic heterocycles. The largest absolute Gasteiger partial charge is 0.394 e. The molecule has 12 N–H and O–H groups in total. The summed E-state index contributed by atoms with van der Waals surface area (Å²) in [5.74, 6) is -0.296. The van der Waals surface area contributed by atoms with E-state index in [-0.39, 0.29) is 18.9 Å². The van der Waals surface area contributed by atoms with Crippen molar-refractivity contribution in [2.24, 2.45) is 0 Å². The molecular weight excluding hydrogens is 1030 g/mol. The number of allylic oxidation sites excluding steroid dienone is 7. The summed E-state index contributed by atoms with van der Waals surface area (Å²) in [5.41, 5.74) is 0. The van der Waals surface area contributed by atoms with Gasteiger partial charge in [-0.25, -0.2) is 0 Å². The highest BCUT2D eigenvalue weighted by Gasteiger charge is 2.53. The van der Waals surface area contributed by atoms with Crippen molar-refractivity contribution < 1.29 is 89.4 Å². The number of hydrogen-bond donors (Lipinski definition) is 12.